The Morgan fingerprint density at radius 3 is 2.61 bits per heavy atom. The fourth-order valence-corrected chi connectivity index (χ4v) is 2.78. The summed E-state index contributed by atoms with van der Waals surface area (Å²) in [6, 6.07) is 3.00. The van der Waals surface area contributed by atoms with E-state index in [2.05, 4.69) is 37.7 Å². The molecule has 0 spiro atoms. The summed E-state index contributed by atoms with van der Waals surface area (Å²) >= 11 is 0. The Hall–Kier alpha value is -0.830. The Morgan fingerprint density at radius 2 is 2.00 bits per heavy atom. The predicted octanol–water partition coefficient (Wildman–Crippen LogP) is 3.16. The van der Waals surface area contributed by atoms with Crippen LogP contribution in [0.3, 0.4) is 0 Å². The van der Waals surface area contributed by atoms with Crippen LogP contribution in [0.1, 0.15) is 58.2 Å². The molecule has 3 heteroatoms. The minimum atomic E-state index is 0.219. The summed E-state index contributed by atoms with van der Waals surface area (Å²) in [6.45, 7) is 6.71. The monoisotopic (exact) mass is 249 g/mol. The van der Waals surface area contributed by atoms with Gasteiger partial charge in [0.05, 0.1) is 11.7 Å². The topological polar surface area (TPSA) is 43.8 Å². The molecule has 2 unspecified atom stereocenters. The van der Waals surface area contributed by atoms with Crippen LogP contribution >= 0.6 is 0 Å². The third-order valence-corrected chi connectivity index (χ3v) is 4.53. The average molecular weight is 249 g/mol. The van der Waals surface area contributed by atoms with E-state index in [0.717, 1.165) is 12.1 Å². The maximum Gasteiger partial charge on any atom is 0.0640 e. The molecule has 1 heterocycles. The van der Waals surface area contributed by atoms with E-state index in [4.69, 9.17) is 10.8 Å². The molecule has 0 aromatic carbocycles. The third-order valence-electron chi connectivity index (χ3n) is 4.53. The molecule has 1 aromatic rings. The van der Waals surface area contributed by atoms with Crippen LogP contribution in [0.15, 0.2) is 12.3 Å². The average Bonchev–Trinajstić information content (AvgIpc) is 2.96. The van der Waals surface area contributed by atoms with E-state index in [0.29, 0.717) is 17.9 Å². The first kappa shape index (κ1) is 13.6. The van der Waals surface area contributed by atoms with E-state index in [1.165, 1.54) is 25.7 Å². The number of hydrogen-bond donors (Lipinski definition) is 1. The van der Waals surface area contributed by atoms with Gasteiger partial charge in [-0.25, -0.2) is 0 Å². The van der Waals surface area contributed by atoms with E-state index >= 15 is 0 Å². The molecule has 1 aliphatic carbocycles. The lowest BCUT2D eigenvalue weighted by atomic mass is 9.88. The molecule has 2 N–H and O–H groups in total. The van der Waals surface area contributed by atoms with Gasteiger partial charge in [0.25, 0.3) is 0 Å². The maximum absolute atomic E-state index is 6.26. The van der Waals surface area contributed by atoms with Crippen molar-refractivity contribution < 1.29 is 0 Å². The lowest BCUT2D eigenvalue weighted by Crippen LogP contribution is -2.33. The Balaban J connectivity index is 1.93. The Labute approximate surface area is 111 Å². The van der Waals surface area contributed by atoms with Crippen molar-refractivity contribution in [3.8, 4) is 0 Å². The number of rotatable bonds is 5. The van der Waals surface area contributed by atoms with Gasteiger partial charge in [-0.1, -0.05) is 33.6 Å². The molecule has 18 heavy (non-hydrogen) atoms. The van der Waals surface area contributed by atoms with Gasteiger partial charge in [0, 0.05) is 18.7 Å². The van der Waals surface area contributed by atoms with Gasteiger partial charge in [0.15, 0.2) is 0 Å². The second kappa shape index (κ2) is 5.87. The molecule has 2 rings (SSSR count). The molecule has 3 nitrogen and oxygen atoms in total. The van der Waals surface area contributed by atoms with Crippen LogP contribution in [0.5, 0.6) is 0 Å². The van der Waals surface area contributed by atoms with Crippen molar-refractivity contribution in [1.82, 2.24) is 9.78 Å². The molecule has 2 atom stereocenters. The van der Waals surface area contributed by atoms with Crippen LogP contribution in [-0.4, -0.2) is 15.8 Å². The minimum Gasteiger partial charge on any atom is -0.327 e. The van der Waals surface area contributed by atoms with Crippen LogP contribution in [0.4, 0.5) is 0 Å². The van der Waals surface area contributed by atoms with Gasteiger partial charge in [-0.2, -0.15) is 5.10 Å². The van der Waals surface area contributed by atoms with E-state index in [-0.39, 0.29) is 6.04 Å². The largest absolute Gasteiger partial charge is 0.327 e. The number of aromatic nitrogens is 2. The van der Waals surface area contributed by atoms with E-state index in [1.807, 2.05) is 0 Å². The summed E-state index contributed by atoms with van der Waals surface area (Å²) in [6.07, 6.45) is 8.32. The highest BCUT2D eigenvalue weighted by Crippen LogP contribution is 2.28. The fourth-order valence-electron chi connectivity index (χ4n) is 2.78. The standard InChI is InChI=1S/C15H27N3/c1-11(2)12(3)15(16)10-13-8-9-18(17-13)14-6-4-5-7-14/h8-9,11-12,14-15H,4-7,10,16H2,1-3H3. The van der Waals surface area contributed by atoms with Gasteiger partial charge in [-0.05, 0) is 30.7 Å². The van der Waals surface area contributed by atoms with Crippen LogP contribution < -0.4 is 5.73 Å². The first-order chi connectivity index (χ1) is 8.58. The smallest absolute Gasteiger partial charge is 0.0640 e. The van der Waals surface area contributed by atoms with Gasteiger partial charge in [-0.15, -0.1) is 0 Å². The molecule has 0 aliphatic heterocycles. The SMILES string of the molecule is CC(C)C(C)C(N)Cc1ccn(C2CCCC2)n1. The molecule has 102 valence electrons. The zero-order valence-corrected chi connectivity index (χ0v) is 12.0. The van der Waals surface area contributed by atoms with Gasteiger partial charge < -0.3 is 5.73 Å². The van der Waals surface area contributed by atoms with Gasteiger partial charge in [0.1, 0.15) is 0 Å². The highest BCUT2D eigenvalue weighted by Gasteiger charge is 2.20. The summed E-state index contributed by atoms with van der Waals surface area (Å²) in [7, 11) is 0. The highest BCUT2D eigenvalue weighted by atomic mass is 15.3. The Morgan fingerprint density at radius 1 is 1.33 bits per heavy atom. The lowest BCUT2D eigenvalue weighted by molar-refractivity contribution is 0.341. The van der Waals surface area contributed by atoms with Crippen molar-refractivity contribution in [2.24, 2.45) is 17.6 Å². The summed E-state index contributed by atoms with van der Waals surface area (Å²) < 4.78 is 2.16. The molecule has 1 aromatic heterocycles. The van der Waals surface area contributed by atoms with E-state index in [9.17, 15) is 0 Å². The lowest BCUT2D eigenvalue weighted by Gasteiger charge is -2.22. The molecule has 0 saturated heterocycles. The first-order valence-electron chi connectivity index (χ1n) is 7.37. The summed E-state index contributed by atoms with van der Waals surface area (Å²) in [5.41, 5.74) is 7.42. The third kappa shape index (κ3) is 3.14. The Bertz CT molecular complexity index is 364. The minimum absolute atomic E-state index is 0.219. The Kier molecular flexibility index (Phi) is 4.44. The summed E-state index contributed by atoms with van der Waals surface area (Å²) in [5, 5.41) is 4.71. The van der Waals surface area contributed by atoms with Crippen molar-refractivity contribution in [3.05, 3.63) is 18.0 Å². The quantitative estimate of drug-likeness (QED) is 0.871. The molecule has 1 aliphatic rings. The predicted molar refractivity (Wildman–Crippen MR) is 75.4 cm³/mol. The maximum atomic E-state index is 6.26. The molecular weight excluding hydrogens is 222 g/mol. The second-order valence-corrected chi connectivity index (χ2v) is 6.20. The molecule has 0 bridgehead atoms. The van der Waals surface area contributed by atoms with Gasteiger partial charge >= 0.3 is 0 Å². The zero-order chi connectivity index (χ0) is 13.1. The van der Waals surface area contributed by atoms with Crippen LogP contribution in [0, 0.1) is 11.8 Å². The van der Waals surface area contributed by atoms with Crippen molar-refractivity contribution >= 4 is 0 Å². The molecule has 1 saturated carbocycles. The summed E-state index contributed by atoms with van der Waals surface area (Å²) in [4.78, 5) is 0. The highest BCUT2D eigenvalue weighted by molar-refractivity contribution is 5.03. The molecule has 1 fully saturated rings. The van der Waals surface area contributed by atoms with Crippen LogP contribution in [-0.2, 0) is 6.42 Å². The number of hydrogen-bond acceptors (Lipinski definition) is 2. The van der Waals surface area contributed by atoms with Crippen molar-refractivity contribution in [3.63, 3.8) is 0 Å². The fraction of sp³-hybridized carbons (Fsp3) is 0.800. The van der Waals surface area contributed by atoms with Crippen molar-refractivity contribution in [1.29, 1.82) is 0 Å². The first-order valence-corrected chi connectivity index (χ1v) is 7.37. The number of nitrogens with two attached hydrogens (primary N) is 1. The van der Waals surface area contributed by atoms with Crippen LogP contribution in [0.2, 0.25) is 0 Å². The van der Waals surface area contributed by atoms with Crippen molar-refractivity contribution in [2.75, 3.05) is 0 Å². The molecular formula is C15H27N3. The molecule has 0 amide bonds. The van der Waals surface area contributed by atoms with Gasteiger partial charge in [-0.3, -0.25) is 4.68 Å². The van der Waals surface area contributed by atoms with Crippen molar-refractivity contribution in [2.45, 2.75) is 65.0 Å². The van der Waals surface area contributed by atoms with E-state index < -0.39 is 0 Å². The number of nitrogens with zero attached hydrogens (tertiary/aromatic N) is 2. The van der Waals surface area contributed by atoms with E-state index in [1.54, 1.807) is 0 Å². The second-order valence-electron chi connectivity index (χ2n) is 6.20. The normalized spacial score (nSPS) is 20.5. The summed E-state index contributed by atoms with van der Waals surface area (Å²) in [5.74, 6) is 1.18. The van der Waals surface area contributed by atoms with Crippen LogP contribution in [0.25, 0.3) is 0 Å². The molecule has 0 radical (unpaired) electrons. The zero-order valence-electron chi connectivity index (χ0n) is 12.0. The van der Waals surface area contributed by atoms with Gasteiger partial charge in [0.2, 0.25) is 0 Å².